The van der Waals surface area contributed by atoms with Gasteiger partial charge in [0.05, 0.1) is 33.0 Å². The van der Waals surface area contributed by atoms with Crippen LogP contribution in [-0.4, -0.2) is 76.1 Å². The summed E-state index contributed by atoms with van der Waals surface area (Å²) in [7, 11) is 1.33. The summed E-state index contributed by atoms with van der Waals surface area (Å²) < 4.78 is 28.8. The molecule has 0 radical (unpaired) electrons. The second-order valence-corrected chi connectivity index (χ2v) is 13.8. The van der Waals surface area contributed by atoms with E-state index in [-0.39, 0.29) is 36.0 Å². The first-order valence-corrected chi connectivity index (χ1v) is 18.9. The van der Waals surface area contributed by atoms with Crippen LogP contribution in [0.15, 0.2) is 62.8 Å². The van der Waals surface area contributed by atoms with Gasteiger partial charge in [-0.05, 0) is 120 Å². The van der Waals surface area contributed by atoms with Crippen molar-refractivity contribution in [1.82, 2.24) is 0 Å². The maximum Gasteiger partial charge on any atom is 0.332 e. The standard InChI is InChI=1S/C14H20O4.C10H16.C8H12O3.2C5H8O2/c1-3-13(15)17-9-11-5-7-12(8-6-11)10-18-14(16)4-2;1-2-9-7-4-5-8(6-7)10(9)3-1;1-2-8(9)11-6-7-4-3-5-10-7;1-4(2)5(6)7-3;1-3-5(6)7-4-2/h3-4,11-12H,1-2,5-10H2;7-10H,1-6H2;2,7H,1,3-6H2;1H2,2-3H3;3H,1,4H2,2H3. The Bertz CT molecular complexity index is 1140. The molecule has 1 heterocycles. The fourth-order valence-corrected chi connectivity index (χ4v) is 7.49. The summed E-state index contributed by atoms with van der Waals surface area (Å²) in [6.07, 6.45) is 20.4. The molecular formula is C42H64O11. The van der Waals surface area contributed by atoms with Crippen molar-refractivity contribution in [2.24, 2.45) is 35.5 Å². The Labute approximate surface area is 317 Å². The molecule has 53 heavy (non-hydrogen) atoms. The highest BCUT2D eigenvalue weighted by Gasteiger charge is 2.48. The first-order valence-electron chi connectivity index (χ1n) is 18.9. The molecule has 1 aliphatic heterocycles. The highest BCUT2D eigenvalue weighted by molar-refractivity contribution is 5.86. The Kier molecular flexibility index (Phi) is 24.5. The SMILES string of the molecule is C1CC2C3CCC(C3)C2C1.C=C(C)C(=O)OC.C=CC(=O)OCC.C=CC(=O)OCC1CCC(COC(=O)C=C)CC1.C=CC(=O)OCC1CCCO1. The lowest BCUT2D eigenvalue weighted by molar-refractivity contribution is -0.141. The number of carbonyl (C=O) groups is 5. The molecule has 11 nitrogen and oxygen atoms in total. The van der Waals surface area contributed by atoms with E-state index in [1.54, 1.807) is 52.4 Å². The Hall–Kier alpha value is -3.99. The number of ether oxygens (including phenoxy) is 6. The fraction of sp³-hybridized carbons (Fsp3) is 0.643. The lowest BCUT2D eigenvalue weighted by Gasteiger charge is -2.27. The van der Waals surface area contributed by atoms with Crippen LogP contribution in [0.4, 0.5) is 0 Å². The predicted molar refractivity (Wildman–Crippen MR) is 203 cm³/mol. The van der Waals surface area contributed by atoms with Crippen LogP contribution in [0.3, 0.4) is 0 Å². The number of esters is 5. The van der Waals surface area contributed by atoms with Crippen molar-refractivity contribution >= 4 is 29.8 Å². The minimum atomic E-state index is -0.375. The molecule has 0 aromatic carbocycles. The van der Waals surface area contributed by atoms with Crippen molar-refractivity contribution in [2.75, 3.05) is 40.1 Å². The van der Waals surface area contributed by atoms with Gasteiger partial charge in [0.1, 0.15) is 6.61 Å². The van der Waals surface area contributed by atoms with Gasteiger partial charge in [-0.3, -0.25) is 0 Å². The molecule has 2 bridgehead atoms. The lowest BCUT2D eigenvalue weighted by atomic mass is 9.82. The van der Waals surface area contributed by atoms with Crippen molar-refractivity contribution < 1.29 is 52.4 Å². The Balaban J connectivity index is 0.000000349. The molecule has 0 N–H and O–H groups in total. The molecular weight excluding hydrogens is 680 g/mol. The summed E-state index contributed by atoms with van der Waals surface area (Å²) in [6, 6.07) is 0. The van der Waals surface area contributed by atoms with Crippen LogP contribution < -0.4 is 0 Å². The zero-order chi connectivity index (χ0) is 39.6. The van der Waals surface area contributed by atoms with Crippen molar-refractivity contribution in [3.63, 3.8) is 0 Å². The van der Waals surface area contributed by atoms with Crippen LogP contribution in [0.2, 0.25) is 0 Å². The maximum absolute atomic E-state index is 10.9. The van der Waals surface area contributed by atoms with Crippen molar-refractivity contribution in [2.45, 2.75) is 97.0 Å². The molecule has 5 unspecified atom stereocenters. The smallest absolute Gasteiger partial charge is 0.332 e. The normalized spacial score (nSPS) is 25.5. The van der Waals surface area contributed by atoms with Gasteiger partial charge in [0.2, 0.25) is 0 Å². The molecule has 0 spiro atoms. The van der Waals surface area contributed by atoms with Gasteiger partial charge in [0.15, 0.2) is 0 Å². The molecule has 5 fully saturated rings. The zero-order valence-corrected chi connectivity index (χ0v) is 32.4. The van der Waals surface area contributed by atoms with E-state index in [4.69, 9.17) is 18.9 Å². The minimum Gasteiger partial charge on any atom is -0.466 e. The predicted octanol–water partition coefficient (Wildman–Crippen LogP) is 7.45. The average molecular weight is 745 g/mol. The van der Waals surface area contributed by atoms with E-state index >= 15 is 0 Å². The maximum atomic E-state index is 10.9. The summed E-state index contributed by atoms with van der Waals surface area (Å²) in [5.74, 6) is 3.82. The van der Waals surface area contributed by atoms with Crippen molar-refractivity contribution in [3.05, 3.63) is 62.8 Å². The van der Waals surface area contributed by atoms with Crippen molar-refractivity contribution in [3.8, 4) is 0 Å². The van der Waals surface area contributed by atoms with Crippen LogP contribution >= 0.6 is 0 Å². The Morgan fingerprint density at radius 1 is 0.623 bits per heavy atom. The first kappa shape index (κ1) is 47.0. The molecule has 4 aliphatic carbocycles. The summed E-state index contributed by atoms with van der Waals surface area (Å²) in [6.45, 7) is 22.4. The van der Waals surface area contributed by atoms with Crippen LogP contribution in [0.5, 0.6) is 0 Å². The van der Waals surface area contributed by atoms with E-state index in [0.29, 0.717) is 43.8 Å². The minimum absolute atomic E-state index is 0.110. The highest BCUT2D eigenvalue weighted by atomic mass is 16.6. The molecule has 298 valence electrons. The molecule has 0 aromatic heterocycles. The lowest BCUT2D eigenvalue weighted by Crippen LogP contribution is -2.23. The Morgan fingerprint density at radius 3 is 1.38 bits per heavy atom. The number of hydrogen-bond acceptors (Lipinski definition) is 11. The van der Waals surface area contributed by atoms with E-state index in [1.807, 2.05) is 0 Å². The van der Waals surface area contributed by atoms with Gasteiger partial charge in [-0.25, -0.2) is 24.0 Å². The third-order valence-corrected chi connectivity index (χ3v) is 10.2. The molecule has 4 saturated carbocycles. The molecule has 5 atom stereocenters. The van der Waals surface area contributed by atoms with Gasteiger partial charge in [-0.15, -0.1) is 0 Å². The number of fused-ring (bicyclic) bond motifs is 5. The van der Waals surface area contributed by atoms with E-state index < -0.39 is 0 Å². The van der Waals surface area contributed by atoms with E-state index in [0.717, 1.165) is 57.3 Å². The summed E-state index contributed by atoms with van der Waals surface area (Å²) in [5, 5.41) is 0. The molecule has 5 aliphatic rings. The largest absolute Gasteiger partial charge is 0.466 e. The third kappa shape index (κ3) is 19.6. The van der Waals surface area contributed by atoms with Gasteiger partial charge in [0.25, 0.3) is 0 Å². The van der Waals surface area contributed by atoms with Gasteiger partial charge < -0.3 is 28.4 Å². The first-order chi connectivity index (χ1) is 25.4. The summed E-state index contributed by atoms with van der Waals surface area (Å²) >= 11 is 0. The van der Waals surface area contributed by atoms with Gasteiger partial charge >= 0.3 is 29.8 Å². The van der Waals surface area contributed by atoms with Gasteiger partial charge in [-0.2, -0.15) is 0 Å². The van der Waals surface area contributed by atoms with Crippen LogP contribution in [0.1, 0.15) is 90.9 Å². The zero-order valence-electron chi connectivity index (χ0n) is 32.4. The monoisotopic (exact) mass is 744 g/mol. The molecule has 0 aromatic rings. The topological polar surface area (TPSA) is 141 Å². The molecule has 5 rings (SSSR count). The third-order valence-electron chi connectivity index (χ3n) is 10.2. The number of hydrogen-bond donors (Lipinski definition) is 0. The summed E-state index contributed by atoms with van der Waals surface area (Å²) in [5.41, 5.74) is 0.433. The van der Waals surface area contributed by atoms with Crippen LogP contribution in [-0.2, 0) is 52.4 Å². The summed E-state index contributed by atoms with van der Waals surface area (Å²) in [4.78, 5) is 52.7. The highest BCUT2D eigenvalue weighted by Crippen LogP contribution is 2.58. The Morgan fingerprint density at radius 2 is 1.06 bits per heavy atom. The quantitative estimate of drug-likeness (QED) is 0.112. The molecule has 1 saturated heterocycles. The second-order valence-electron chi connectivity index (χ2n) is 13.8. The van der Waals surface area contributed by atoms with Gasteiger partial charge in [-0.1, -0.05) is 39.3 Å². The molecule has 11 heteroatoms. The number of carbonyl (C=O) groups excluding carboxylic acids is 5. The van der Waals surface area contributed by atoms with E-state index in [9.17, 15) is 24.0 Å². The van der Waals surface area contributed by atoms with Crippen molar-refractivity contribution in [1.29, 1.82) is 0 Å². The van der Waals surface area contributed by atoms with Crippen LogP contribution in [0.25, 0.3) is 0 Å². The van der Waals surface area contributed by atoms with E-state index in [1.165, 1.54) is 42.9 Å². The van der Waals surface area contributed by atoms with E-state index in [2.05, 4.69) is 42.4 Å². The fourth-order valence-electron chi connectivity index (χ4n) is 7.49. The number of rotatable bonds is 12. The number of methoxy groups -OCH3 is 1. The van der Waals surface area contributed by atoms with Gasteiger partial charge in [0, 0.05) is 36.5 Å². The molecule has 0 amide bonds. The average Bonchev–Trinajstić information content (AvgIpc) is 4.02. The van der Waals surface area contributed by atoms with Crippen LogP contribution in [0, 0.1) is 35.5 Å². The second kappa shape index (κ2) is 27.6.